The van der Waals surface area contributed by atoms with Crippen molar-refractivity contribution in [2.75, 3.05) is 11.4 Å². The van der Waals surface area contributed by atoms with Gasteiger partial charge in [-0.15, -0.1) is 0 Å². The van der Waals surface area contributed by atoms with E-state index in [2.05, 4.69) is 16.4 Å². The normalized spacial score (nSPS) is 17.3. The second kappa shape index (κ2) is 7.91. The number of benzene rings is 1. The lowest BCUT2D eigenvalue weighted by Gasteiger charge is -2.29. The fraction of sp³-hybridized carbons (Fsp3) is 0.409. The quantitative estimate of drug-likeness (QED) is 0.904. The highest BCUT2D eigenvalue weighted by atomic mass is 16.2. The van der Waals surface area contributed by atoms with E-state index in [1.165, 1.54) is 12.0 Å². The minimum Gasteiger partial charge on any atom is -0.348 e. The van der Waals surface area contributed by atoms with Gasteiger partial charge in [0.05, 0.1) is 0 Å². The Morgan fingerprint density at radius 2 is 1.70 bits per heavy atom. The van der Waals surface area contributed by atoms with Crippen LogP contribution < -0.4 is 10.2 Å². The van der Waals surface area contributed by atoms with E-state index < -0.39 is 0 Å². The molecule has 1 N–H and O–H groups in total. The van der Waals surface area contributed by atoms with Crippen molar-refractivity contribution in [1.82, 2.24) is 10.3 Å². The van der Waals surface area contributed by atoms with Crippen LogP contribution in [0, 0.1) is 0 Å². The van der Waals surface area contributed by atoms with E-state index in [1.54, 1.807) is 23.1 Å². The predicted molar refractivity (Wildman–Crippen MR) is 105 cm³/mol. The Hall–Kier alpha value is -2.69. The number of aromatic nitrogens is 1. The monoisotopic (exact) mass is 363 g/mol. The van der Waals surface area contributed by atoms with Crippen LogP contribution in [0.3, 0.4) is 0 Å². The lowest BCUT2D eigenvalue weighted by atomic mass is 9.95. The maximum Gasteiger partial charge on any atom is 0.276 e. The summed E-state index contributed by atoms with van der Waals surface area (Å²) >= 11 is 0. The number of rotatable bonds is 3. The Kier molecular flexibility index (Phi) is 5.19. The van der Waals surface area contributed by atoms with Gasteiger partial charge in [-0.2, -0.15) is 0 Å². The summed E-state index contributed by atoms with van der Waals surface area (Å²) in [6.45, 7) is 0.677. The number of nitrogens with one attached hydrogen (secondary N) is 1. The molecule has 140 valence electrons. The molecule has 2 heterocycles. The van der Waals surface area contributed by atoms with Gasteiger partial charge in [0.2, 0.25) is 0 Å². The summed E-state index contributed by atoms with van der Waals surface area (Å²) in [5, 5.41) is 3.07. The van der Waals surface area contributed by atoms with E-state index in [9.17, 15) is 9.59 Å². The molecule has 1 aliphatic heterocycles. The molecule has 0 saturated heterocycles. The molecular weight excluding hydrogens is 338 g/mol. The molecule has 27 heavy (non-hydrogen) atoms. The van der Waals surface area contributed by atoms with Crippen molar-refractivity contribution < 1.29 is 9.59 Å². The molecule has 5 nitrogen and oxygen atoms in total. The molecule has 5 heteroatoms. The number of carbonyl (C=O) groups excluding carboxylic acids is 2. The largest absolute Gasteiger partial charge is 0.348 e. The molecular formula is C22H25N3O2. The molecule has 1 aromatic carbocycles. The van der Waals surface area contributed by atoms with Gasteiger partial charge in [-0.25, -0.2) is 4.98 Å². The van der Waals surface area contributed by atoms with E-state index in [-0.39, 0.29) is 17.9 Å². The van der Waals surface area contributed by atoms with E-state index in [0.717, 1.165) is 44.2 Å². The molecule has 0 bridgehead atoms. The van der Waals surface area contributed by atoms with E-state index >= 15 is 0 Å². The Morgan fingerprint density at radius 1 is 0.926 bits per heavy atom. The van der Waals surface area contributed by atoms with Crippen LogP contribution >= 0.6 is 0 Å². The van der Waals surface area contributed by atoms with Gasteiger partial charge >= 0.3 is 0 Å². The van der Waals surface area contributed by atoms with Gasteiger partial charge in [-0.05, 0) is 49.4 Å². The van der Waals surface area contributed by atoms with Gasteiger partial charge in [0.25, 0.3) is 11.8 Å². The summed E-state index contributed by atoms with van der Waals surface area (Å²) in [6.07, 6.45) is 7.52. The van der Waals surface area contributed by atoms with Crippen LogP contribution in [0.25, 0.3) is 0 Å². The molecule has 0 spiro atoms. The topological polar surface area (TPSA) is 62.3 Å². The zero-order chi connectivity index (χ0) is 18.6. The van der Waals surface area contributed by atoms with Crippen LogP contribution in [0.1, 0.15) is 65.1 Å². The second-order valence-corrected chi connectivity index (χ2v) is 7.41. The first-order chi connectivity index (χ1) is 13.2. The number of aryl methyl sites for hydroxylation is 1. The SMILES string of the molecule is O=C(NC1CCCCC1)c1cccc(C(=O)N2CCCc3ccccc32)n1. The van der Waals surface area contributed by atoms with Crippen molar-refractivity contribution in [3.05, 3.63) is 59.4 Å². The summed E-state index contributed by atoms with van der Waals surface area (Å²) in [7, 11) is 0. The molecule has 1 fully saturated rings. The number of para-hydroxylation sites is 1. The Bertz CT molecular complexity index is 843. The number of carbonyl (C=O) groups is 2. The summed E-state index contributed by atoms with van der Waals surface area (Å²) in [5.41, 5.74) is 2.77. The fourth-order valence-corrected chi connectivity index (χ4v) is 4.07. The minimum absolute atomic E-state index is 0.144. The third-order valence-corrected chi connectivity index (χ3v) is 5.50. The molecule has 2 amide bonds. The lowest BCUT2D eigenvalue weighted by Crippen LogP contribution is -2.38. The number of hydrogen-bond donors (Lipinski definition) is 1. The summed E-state index contributed by atoms with van der Waals surface area (Å²) < 4.78 is 0. The zero-order valence-electron chi connectivity index (χ0n) is 15.5. The first kappa shape index (κ1) is 17.7. The Morgan fingerprint density at radius 3 is 2.56 bits per heavy atom. The van der Waals surface area contributed by atoms with Crippen LogP contribution in [0.2, 0.25) is 0 Å². The van der Waals surface area contributed by atoms with Crippen molar-refractivity contribution in [2.24, 2.45) is 0 Å². The summed E-state index contributed by atoms with van der Waals surface area (Å²) in [6, 6.07) is 13.3. The number of hydrogen-bond acceptors (Lipinski definition) is 3. The van der Waals surface area contributed by atoms with Crippen molar-refractivity contribution in [2.45, 2.75) is 51.0 Å². The van der Waals surface area contributed by atoms with Crippen LogP contribution in [0.15, 0.2) is 42.5 Å². The molecule has 2 aliphatic rings. The Labute approximate surface area is 159 Å². The number of fused-ring (bicyclic) bond motifs is 1. The van der Waals surface area contributed by atoms with Crippen LogP contribution in [-0.2, 0) is 6.42 Å². The minimum atomic E-state index is -0.185. The molecule has 4 rings (SSSR count). The number of amides is 2. The van der Waals surface area contributed by atoms with Crippen LogP contribution in [-0.4, -0.2) is 29.4 Å². The van der Waals surface area contributed by atoms with Crippen LogP contribution in [0.5, 0.6) is 0 Å². The van der Waals surface area contributed by atoms with Gasteiger partial charge < -0.3 is 10.2 Å². The number of pyridine rings is 1. The molecule has 1 aromatic heterocycles. The smallest absolute Gasteiger partial charge is 0.276 e. The summed E-state index contributed by atoms with van der Waals surface area (Å²) in [4.78, 5) is 31.8. The molecule has 0 unspecified atom stereocenters. The van der Waals surface area contributed by atoms with Crippen molar-refractivity contribution in [3.63, 3.8) is 0 Å². The van der Waals surface area contributed by atoms with Gasteiger partial charge in [0.1, 0.15) is 11.4 Å². The summed E-state index contributed by atoms with van der Waals surface area (Å²) in [5.74, 6) is -0.329. The maximum atomic E-state index is 13.1. The number of anilines is 1. The van der Waals surface area contributed by atoms with E-state index in [0.29, 0.717) is 17.9 Å². The average Bonchev–Trinajstić information content (AvgIpc) is 2.73. The first-order valence-electron chi connectivity index (χ1n) is 9.90. The van der Waals surface area contributed by atoms with Crippen molar-refractivity contribution in [1.29, 1.82) is 0 Å². The third kappa shape index (κ3) is 3.87. The van der Waals surface area contributed by atoms with Crippen LogP contribution in [0.4, 0.5) is 5.69 Å². The van der Waals surface area contributed by atoms with Crippen molar-refractivity contribution >= 4 is 17.5 Å². The average molecular weight is 363 g/mol. The molecule has 2 aromatic rings. The third-order valence-electron chi connectivity index (χ3n) is 5.50. The molecule has 1 saturated carbocycles. The second-order valence-electron chi connectivity index (χ2n) is 7.41. The molecule has 0 atom stereocenters. The van der Waals surface area contributed by atoms with E-state index in [4.69, 9.17) is 0 Å². The van der Waals surface area contributed by atoms with E-state index in [1.807, 2.05) is 18.2 Å². The predicted octanol–water partition coefficient (Wildman–Crippen LogP) is 3.74. The highest BCUT2D eigenvalue weighted by molar-refractivity contribution is 6.06. The first-order valence-corrected chi connectivity index (χ1v) is 9.90. The van der Waals surface area contributed by atoms with Gasteiger partial charge in [-0.1, -0.05) is 43.5 Å². The highest BCUT2D eigenvalue weighted by Gasteiger charge is 2.25. The fourth-order valence-electron chi connectivity index (χ4n) is 4.07. The standard InChI is InChI=1S/C22H25N3O2/c26-21(23-17-10-2-1-3-11-17)18-12-6-13-19(24-18)22(27)25-15-7-9-16-8-4-5-14-20(16)25/h4-6,8,12-14,17H,1-3,7,9-11,15H2,(H,23,26). The maximum absolute atomic E-state index is 13.1. The number of nitrogens with zero attached hydrogens (tertiary/aromatic N) is 2. The molecule has 0 radical (unpaired) electrons. The molecule has 1 aliphatic carbocycles. The van der Waals surface area contributed by atoms with Gasteiger partial charge in [0.15, 0.2) is 0 Å². The van der Waals surface area contributed by atoms with Gasteiger partial charge in [0, 0.05) is 18.3 Å². The zero-order valence-corrected chi connectivity index (χ0v) is 15.5. The lowest BCUT2D eigenvalue weighted by molar-refractivity contribution is 0.0922. The highest BCUT2D eigenvalue weighted by Crippen LogP contribution is 2.27. The van der Waals surface area contributed by atoms with Gasteiger partial charge in [-0.3, -0.25) is 9.59 Å². The van der Waals surface area contributed by atoms with Crippen molar-refractivity contribution in [3.8, 4) is 0 Å². The Balaban J connectivity index is 1.52.